The van der Waals surface area contributed by atoms with E-state index in [4.69, 9.17) is 10.8 Å². The number of aliphatic hydroxyl groups excluding tert-OH is 1. The summed E-state index contributed by atoms with van der Waals surface area (Å²) in [5.74, 6) is 0.477. The van der Waals surface area contributed by atoms with Gasteiger partial charge in [-0.25, -0.2) is 0 Å². The molecule has 0 aliphatic carbocycles. The van der Waals surface area contributed by atoms with Crippen LogP contribution in [-0.4, -0.2) is 18.3 Å². The van der Waals surface area contributed by atoms with Crippen molar-refractivity contribution in [2.24, 2.45) is 11.7 Å². The molecule has 0 amide bonds. The van der Waals surface area contributed by atoms with Crippen LogP contribution in [0.2, 0.25) is 0 Å². The van der Waals surface area contributed by atoms with E-state index in [9.17, 15) is 0 Å². The van der Waals surface area contributed by atoms with Gasteiger partial charge in [-0.05, 0) is 18.9 Å². The van der Waals surface area contributed by atoms with Crippen molar-refractivity contribution in [1.29, 1.82) is 0 Å². The van der Waals surface area contributed by atoms with Gasteiger partial charge in [0.1, 0.15) is 0 Å². The van der Waals surface area contributed by atoms with Crippen LogP contribution in [0.4, 0.5) is 0 Å². The third kappa shape index (κ3) is 3.76. The first kappa shape index (κ1) is 6.92. The number of hydrogen-bond donors (Lipinski definition) is 2. The van der Waals surface area contributed by atoms with Crippen molar-refractivity contribution >= 4 is 0 Å². The van der Waals surface area contributed by atoms with Crippen LogP contribution in [0.1, 0.15) is 13.3 Å². The Morgan fingerprint density at radius 3 is 2.43 bits per heavy atom. The molecule has 0 saturated heterocycles. The van der Waals surface area contributed by atoms with Crippen LogP contribution in [0.3, 0.4) is 0 Å². The molecule has 0 radical (unpaired) electrons. The van der Waals surface area contributed by atoms with E-state index in [-0.39, 0.29) is 6.61 Å². The molecular weight excluding hydrogens is 90.1 g/mol. The zero-order valence-corrected chi connectivity index (χ0v) is 4.72. The highest BCUT2D eigenvalue weighted by atomic mass is 16.3. The van der Waals surface area contributed by atoms with E-state index in [1.54, 1.807) is 0 Å². The topological polar surface area (TPSA) is 46.2 Å². The minimum absolute atomic E-state index is 0.262. The van der Waals surface area contributed by atoms with Gasteiger partial charge in [-0.3, -0.25) is 0 Å². The summed E-state index contributed by atoms with van der Waals surface area (Å²) in [5.41, 5.74) is 5.25. The van der Waals surface area contributed by atoms with E-state index in [0.717, 1.165) is 6.42 Å². The number of hydrogen-bond acceptors (Lipinski definition) is 2. The highest BCUT2D eigenvalue weighted by molar-refractivity contribution is 4.49. The third-order valence-electron chi connectivity index (χ3n) is 1.02. The third-order valence-corrected chi connectivity index (χ3v) is 1.02. The maximum Gasteiger partial charge on any atom is 0.0434 e. The van der Waals surface area contributed by atoms with Crippen molar-refractivity contribution < 1.29 is 5.11 Å². The van der Waals surface area contributed by atoms with Gasteiger partial charge in [-0.15, -0.1) is 0 Å². The molecule has 0 heterocycles. The molecule has 3 N–H and O–H groups in total. The second-order valence-corrected chi connectivity index (χ2v) is 1.85. The van der Waals surface area contributed by atoms with Crippen molar-refractivity contribution in [2.75, 3.05) is 13.2 Å². The van der Waals surface area contributed by atoms with Gasteiger partial charge < -0.3 is 10.8 Å². The second kappa shape index (κ2) is 4.09. The minimum atomic E-state index is 0.262. The lowest BCUT2D eigenvalue weighted by Crippen LogP contribution is -2.11. The van der Waals surface area contributed by atoms with Crippen molar-refractivity contribution in [3.05, 3.63) is 0 Å². The largest absolute Gasteiger partial charge is 0.396 e. The monoisotopic (exact) mass is 103 g/mol. The maximum absolute atomic E-state index is 8.31. The smallest absolute Gasteiger partial charge is 0.0434 e. The lowest BCUT2D eigenvalue weighted by atomic mass is 10.1. The Bertz CT molecular complexity index is 39.1. The molecular formula is C5H13NO. The molecule has 0 aromatic carbocycles. The maximum atomic E-state index is 8.31. The predicted molar refractivity (Wildman–Crippen MR) is 29.9 cm³/mol. The highest BCUT2D eigenvalue weighted by Gasteiger charge is 1.93. The fraction of sp³-hybridized carbons (Fsp3) is 1.00. The molecule has 0 aromatic rings. The highest BCUT2D eigenvalue weighted by Crippen LogP contribution is 1.94. The fourth-order valence-electron chi connectivity index (χ4n) is 0.338. The normalized spacial score (nSPS) is 14.1. The van der Waals surface area contributed by atoms with Gasteiger partial charge in [0, 0.05) is 6.61 Å². The van der Waals surface area contributed by atoms with Crippen LogP contribution in [0.25, 0.3) is 0 Å². The molecule has 1 atom stereocenters. The van der Waals surface area contributed by atoms with Gasteiger partial charge in [-0.2, -0.15) is 0 Å². The first-order valence-corrected chi connectivity index (χ1v) is 2.62. The number of aliphatic hydroxyl groups is 1. The van der Waals surface area contributed by atoms with Crippen LogP contribution >= 0.6 is 0 Å². The minimum Gasteiger partial charge on any atom is -0.396 e. The molecule has 0 fully saturated rings. The van der Waals surface area contributed by atoms with E-state index in [1.165, 1.54) is 0 Å². The fourth-order valence-corrected chi connectivity index (χ4v) is 0.338. The van der Waals surface area contributed by atoms with Gasteiger partial charge in [0.25, 0.3) is 0 Å². The number of rotatable bonds is 3. The molecule has 2 nitrogen and oxygen atoms in total. The summed E-state index contributed by atoms with van der Waals surface area (Å²) >= 11 is 0. The van der Waals surface area contributed by atoms with Crippen LogP contribution in [0, 0.1) is 5.92 Å². The van der Waals surface area contributed by atoms with Gasteiger partial charge in [0.15, 0.2) is 0 Å². The lowest BCUT2D eigenvalue weighted by Gasteiger charge is -2.02. The summed E-state index contributed by atoms with van der Waals surface area (Å²) in [6, 6.07) is 0. The molecule has 2 heteroatoms. The van der Waals surface area contributed by atoms with Gasteiger partial charge >= 0.3 is 0 Å². The first-order valence-electron chi connectivity index (χ1n) is 2.62. The van der Waals surface area contributed by atoms with Crippen LogP contribution in [0.5, 0.6) is 0 Å². The first-order chi connectivity index (χ1) is 3.31. The van der Waals surface area contributed by atoms with E-state index in [2.05, 4.69) is 0 Å². The molecule has 0 saturated carbocycles. The molecule has 0 aliphatic heterocycles. The van der Waals surface area contributed by atoms with Gasteiger partial charge in [0.2, 0.25) is 0 Å². The number of nitrogens with two attached hydrogens (primary N) is 1. The Kier molecular flexibility index (Phi) is 4.04. The second-order valence-electron chi connectivity index (χ2n) is 1.85. The van der Waals surface area contributed by atoms with Crippen LogP contribution < -0.4 is 5.73 Å². The Labute approximate surface area is 44.3 Å². The standard InChI is InChI=1S/C5H13NO/c1-5(4-6)2-3-7/h5,7H,2-4,6H2,1H3/t5-/m0/s1. The van der Waals surface area contributed by atoms with E-state index in [0.29, 0.717) is 12.5 Å². The van der Waals surface area contributed by atoms with Crippen molar-refractivity contribution in [2.45, 2.75) is 13.3 Å². The summed E-state index contributed by atoms with van der Waals surface area (Å²) in [6.07, 6.45) is 0.830. The summed E-state index contributed by atoms with van der Waals surface area (Å²) in [7, 11) is 0. The zero-order chi connectivity index (χ0) is 5.70. The molecule has 0 unspecified atom stereocenters. The molecule has 0 bridgehead atoms. The Morgan fingerprint density at radius 1 is 1.71 bits per heavy atom. The molecule has 0 aliphatic rings. The van der Waals surface area contributed by atoms with E-state index >= 15 is 0 Å². The quantitative estimate of drug-likeness (QED) is 0.526. The zero-order valence-electron chi connectivity index (χ0n) is 4.72. The Balaban J connectivity index is 2.83. The Hall–Kier alpha value is -0.0800. The summed E-state index contributed by atoms with van der Waals surface area (Å²) in [6.45, 7) is 2.97. The molecule has 0 rings (SSSR count). The van der Waals surface area contributed by atoms with Crippen molar-refractivity contribution in [1.82, 2.24) is 0 Å². The van der Waals surface area contributed by atoms with Crippen LogP contribution in [0.15, 0.2) is 0 Å². The molecule has 0 spiro atoms. The summed E-state index contributed by atoms with van der Waals surface area (Å²) in [4.78, 5) is 0. The van der Waals surface area contributed by atoms with Gasteiger partial charge in [0.05, 0.1) is 0 Å². The van der Waals surface area contributed by atoms with Gasteiger partial charge in [-0.1, -0.05) is 6.92 Å². The van der Waals surface area contributed by atoms with Crippen molar-refractivity contribution in [3.63, 3.8) is 0 Å². The Morgan fingerprint density at radius 2 is 2.29 bits per heavy atom. The van der Waals surface area contributed by atoms with Crippen LogP contribution in [-0.2, 0) is 0 Å². The predicted octanol–water partition coefficient (Wildman–Crippen LogP) is -0.0364. The summed E-state index contributed by atoms with van der Waals surface area (Å²) < 4.78 is 0. The molecule has 44 valence electrons. The summed E-state index contributed by atoms with van der Waals surface area (Å²) in [5, 5.41) is 8.31. The molecule has 0 aromatic heterocycles. The lowest BCUT2D eigenvalue weighted by molar-refractivity contribution is 0.264. The van der Waals surface area contributed by atoms with E-state index < -0.39 is 0 Å². The van der Waals surface area contributed by atoms with E-state index in [1.807, 2.05) is 6.92 Å². The van der Waals surface area contributed by atoms with Crippen molar-refractivity contribution in [3.8, 4) is 0 Å². The SMILES string of the molecule is C[C@H](CN)CCO. The molecule has 7 heavy (non-hydrogen) atoms. The average Bonchev–Trinajstić information content (AvgIpc) is 1.68. The average molecular weight is 103 g/mol.